The van der Waals surface area contributed by atoms with Gasteiger partial charge in [0.1, 0.15) is 6.10 Å². The Morgan fingerprint density at radius 1 is 1.17 bits per heavy atom. The zero-order valence-electron chi connectivity index (χ0n) is 6.72. The molecular formula is C7H14O5. The van der Waals surface area contributed by atoms with E-state index in [1.54, 1.807) is 0 Å². The van der Waals surface area contributed by atoms with Gasteiger partial charge in [-0.05, 0) is 0 Å². The van der Waals surface area contributed by atoms with Crippen molar-refractivity contribution in [3.63, 3.8) is 0 Å². The van der Waals surface area contributed by atoms with Crippen LogP contribution >= 0.6 is 0 Å². The van der Waals surface area contributed by atoms with Crippen LogP contribution in [0.15, 0.2) is 0 Å². The predicted molar refractivity (Wildman–Crippen MR) is 39.4 cm³/mol. The number of aliphatic hydroxyl groups excluding tert-OH is 3. The third kappa shape index (κ3) is 2.69. The van der Waals surface area contributed by atoms with E-state index in [0.29, 0.717) is 13.2 Å². The number of rotatable bonds is 4. The summed E-state index contributed by atoms with van der Waals surface area (Å²) in [5.74, 6) is 0. The maximum absolute atomic E-state index is 9.21. The van der Waals surface area contributed by atoms with Crippen molar-refractivity contribution in [1.29, 1.82) is 0 Å². The number of hydrogen-bond acceptors (Lipinski definition) is 5. The van der Waals surface area contributed by atoms with Crippen molar-refractivity contribution in [2.24, 2.45) is 0 Å². The highest BCUT2D eigenvalue weighted by atomic mass is 16.7. The van der Waals surface area contributed by atoms with E-state index in [1.165, 1.54) is 0 Å². The third-order valence-electron chi connectivity index (χ3n) is 1.76. The molecule has 0 aromatic rings. The van der Waals surface area contributed by atoms with E-state index < -0.39 is 25.1 Å². The molecule has 0 bridgehead atoms. The molecule has 3 N–H and O–H groups in total. The largest absolute Gasteiger partial charge is 0.394 e. The van der Waals surface area contributed by atoms with Gasteiger partial charge >= 0.3 is 0 Å². The molecule has 1 heterocycles. The minimum Gasteiger partial charge on any atom is -0.394 e. The van der Waals surface area contributed by atoms with Crippen molar-refractivity contribution in [2.45, 2.75) is 24.9 Å². The molecule has 5 heteroatoms. The number of ether oxygens (including phenoxy) is 2. The van der Waals surface area contributed by atoms with Gasteiger partial charge in [0, 0.05) is 6.42 Å². The van der Waals surface area contributed by atoms with Gasteiger partial charge in [-0.25, -0.2) is 0 Å². The summed E-state index contributed by atoms with van der Waals surface area (Å²) in [5, 5.41) is 26.7. The summed E-state index contributed by atoms with van der Waals surface area (Å²) >= 11 is 0. The summed E-state index contributed by atoms with van der Waals surface area (Å²) in [4.78, 5) is 0. The Morgan fingerprint density at radius 3 is 2.25 bits per heavy atom. The molecule has 0 amide bonds. The first kappa shape index (κ1) is 9.88. The second kappa shape index (κ2) is 4.74. The molecule has 0 spiro atoms. The summed E-state index contributed by atoms with van der Waals surface area (Å²) in [6.07, 6.45) is -2.35. The second-order valence-corrected chi connectivity index (χ2v) is 2.72. The fraction of sp³-hybridized carbons (Fsp3) is 1.00. The van der Waals surface area contributed by atoms with Crippen LogP contribution in [0.4, 0.5) is 0 Å². The van der Waals surface area contributed by atoms with Gasteiger partial charge in [-0.3, -0.25) is 0 Å². The summed E-state index contributed by atoms with van der Waals surface area (Å²) in [6, 6.07) is 0. The Kier molecular flexibility index (Phi) is 3.90. The van der Waals surface area contributed by atoms with E-state index in [9.17, 15) is 5.11 Å². The molecular weight excluding hydrogens is 164 g/mol. The summed E-state index contributed by atoms with van der Waals surface area (Å²) in [7, 11) is 0. The minimum absolute atomic E-state index is 0.196. The molecule has 1 saturated heterocycles. The molecule has 72 valence electrons. The maximum Gasteiger partial charge on any atom is 0.160 e. The van der Waals surface area contributed by atoms with E-state index in [0.717, 1.165) is 0 Å². The lowest BCUT2D eigenvalue weighted by Crippen LogP contribution is -2.32. The number of aliphatic hydroxyl groups is 3. The van der Waals surface area contributed by atoms with Crippen LogP contribution in [-0.4, -0.2) is 53.6 Å². The van der Waals surface area contributed by atoms with Crippen LogP contribution in [0.2, 0.25) is 0 Å². The van der Waals surface area contributed by atoms with Crippen LogP contribution in [-0.2, 0) is 9.47 Å². The first-order valence-electron chi connectivity index (χ1n) is 3.94. The van der Waals surface area contributed by atoms with E-state index in [-0.39, 0.29) is 6.42 Å². The van der Waals surface area contributed by atoms with Gasteiger partial charge in [-0.15, -0.1) is 0 Å². The van der Waals surface area contributed by atoms with Gasteiger partial charge in [0.2, 0.25) is 0 Å². The monoisotopic (exact) mass is 178 g/mol. The van der Waals surface area contributed by atoms with Gasteiger partial charge in [0.25, 0.3) is 0 Å². The molecule has 0 radical (unpaired) electrons. The van der Waals surface area contributed by atoms with E-state index in [2.05, 4.69) is 0 Å². The van der Waals surface area contributed by atoms with Gasteiger partial charge < -0.3 is 24.8 Å². The maximum atomic E-state index is 9.21. The van der Waals surface area contributed by atoms with Crippen molar-refractivity contribution >= 4 is 0 Å². The fourth-order valence-electron chi connectivity index (χ4n) is 1.02. The Hall–Kier alpha value is -0.200. The highest BCUT2D eigenvalue weighted by molar-refractivity contribution is 4.68. The Morgan fingerprint density at radius 2 is 1.75 bits per heavy atom. The Balaban J connectivity index is 2.19. The van der Waals surface area contributed by atoms with Crippen LogP contribution in [0.25, 0.3) is 0 Å². The molecule has 12 heavy (non-hydrogen) atoms. The van der Waals surface area contributed by atoms with Gasteiger partial charge in [-0.2, -0.15) is 0 Å². The van der Waals surface area contributed by atoms with Gasteiger partial charge in [-0.1, -0.05) is 0 Å². The first-order chi connectivity index (χ1) is 5.74. The molecule has 2 atom stereocenters. The van der Waals surface area contributed by atoms with Gasteiger partial charge in [0.15, 0.2) is 6.29 Å². The highest BCUT2D eigenvalue weighted by Crippen LogP contribution is 2.12. The molecule has 0 aromatic carbocycles. The molecule has 1 fully saturated rings. The van der Waals surface area contributed by atoms with Crippen molar-refractivity contribution in [1.82, 2.24) is 0 Å². The quantitative estimate of drug-likeness (QED) is 0.486. The molecule has 5 nitrogen and oxygen atoms in total. The summed E-state index contributed by atoms with van der Waals surface area (Å²) in [6.45, 7) is 0.590. The lowest BCUT2D eigenvalue weighted by atomic mass is 10.1. The third-order valence-corrected chi connectivity index (χ3v) is 1.76. The second-order valence-electron chi connectivity index (χ2n) is 2.72. The SMILES string of the molecule is OCC(O)C(O)CC1OCCO1. The normalized spacial score (nSPS) is 24.2. The summed E-state index contributed by atoms with van der Waals surface area (Å²) in [5.41, 5.74) is 0. The van der Waals surface area contributed by atoms with Crippen molar-refractivity contribution < 1.29 is 24.8 Å². The highest BCUT2D eigenvalue weighted by Gasteiger charge is 2.24. The smallest absolute Gasteiger partial charge is 0.160 e. The van der Waals surface area contributed by atoms with Crippen LogP contribution < -0.4 is 0 Å². The first-order valence-corrected chi connectivity index (χ1v) is 3.94. The zero-order chi connectivity index (χ0) is 8.97. The number of hydrogen-bond donors (Lipinski definition) is 3. The van der Waals surface area contributed by atoms with E-state index in [1.807, 2.05) is 0 Å². The van der Waals surface area contributed by atoms with Crippen LogP contribution in [0, 0.1) is 0 Å². The molecule has 2 unspecified atom stereocenters. The van der Waals surface area contributed by atoms with Crippen LogP contribution in [0.1, 0.15) is 6.42 Å². The average molecular weight is 178 g/mol. The fourth-order valence-corrected chi connectivity index (χ4v) is 1.02. The van der Waals surface area contributed by atoms with Crippen molar-refractivity contribution in [2.75, 3.05) is 19.8 Å². The molecule has 0 aliphatic carbocycles. The lowest BCUT2D eigenvalue weighted by molar-refractivity contribution is -0.0986. The van der Waals surface area contributed by atoms with Crippen LogP contribution in [0.5, 0.6) is 0 Å². The van der Waals surface area contributed by atoms with Crippen LogP contribution in [0.3, 0.4) is 0 Å². The predicted octanol–water partition coefficient (Wildman–Crippen LogP) is -1.54. The molecule has 0 saturated carbocycles. The lowest BCUT2D eigenvalue weighted by Gasteiger charge is -2.18. The summed E-state index contributed by atoms with van der Waals surface area (Å²) < 4.78 is 10.1. The van der Waals surface area contributed by atoms with E-state index in [4.69, 9.17) is 19.7 Å². The molecule has 1 rings (SSSR count). The standard InChI is InChI=1S/C7H14O5/c8-4-6(10)5(9)3-7-11-1-2-12-7/h5-10H,1-4H2. The Bertz CT molecular complexity index is 123. The average Bonchev–Trinajstić information content (AvgIpc) is 2.55. The molecule has 0 aromatic heterocycles. The zero-order valence-corrected chi connectivity index (χ0v) is 6.72. The topological polar surface area (TPSA) is 79.2 Å². The van der Waals surface area contributed by atoms with Crippen molar-refractivity contribution in [3.8, 4) is 0 Å². The molecule has 1 aliphatic heterocycles. The van der Waals surface area contributed by atoms with E-state index >= 15 is 0 Å². The molecule has 1 aliphatic rings. The Labute approximate surface area is 70.5 Å². The van der Waals surface area contributed by atoms with Crippen molar-refractivity contribution in [3.05, 3.63) is 0 Å². The van der Waals surface area contributed by atoms with Gasteiger partial charge in [0.05, 0.1) is 25.9 Å². The minimum atomic E-state index is -1.11.